The SMILES string of the molecule is C=CC1c2ccc(Cl)nc2CCN1I. The second kappa shape index (κ2) is 4.16. The molecule has 74 valence electrons. The van der Waals surface area contributed by atoms with Crippen LogP contribution in [-0.4, -0.2) is 14.6 Å². The number of nitrogens with zero attached hydrogens (tertiary/aromatic N) is 2. The first-order chi connectivity index (χ1) is 6.72. The predicted molar refractivity (Wildman–Crippen MR) is 66.6 cm³/mol. The van der Waals surface area contributed by atoms with Crippen molar-refractivity contribution in [1.82, 2.24) is 8.10 Å². The van der Waals surface area contributed by atoms with Crippen LogP contribution in [0, 0.1) is 0 Å². The minimum atomic E-state index is 0.268. The highest BCUT2D eigenvalue weighted by Crippen LogP contribution is 2.32. The molecule has 0 aliphatic carbocycles. The van der Waals surface area contributed by atoms with Crippen LogP contribution in [0.15, 0.2) is 24.8 Å². The Bertz CT molecular complexity index is 367. The number of fused-ring (bicyclic) bond motifs is 1. The molecule has 0 aromatic carbocycles. The monoisotopic (exact) mass is 320 g/mol. The molecule has 2 rings (SSSR count). The van der Waals surface area contributed by atoms with Crippen molar-refractivity contribution in [3.63, 3.8) is 0 Å². The van der Waals surface area contributed by atoms with Crippen LogP contribution in [0.25, 0.3) is 0 Å². The number of halogens is 2. The lowest BCUT2D eigenvalue weighted by Gasteiger charge is -2.29. The van der Waals surface area contributed by atoms with Gasteiger partial charge in [0.2, 0.25) is 0 Å². The van der Waals surface area contributed by atoms with E-state index in [1.54, 1.807) is 0 Å². The van der Waals surface area contributed by atoms with Gasteiger partial charge in [-0.3, -0.25) is 0 Å². The summed E-state index contributed by atoms with van der Waals surface area (Å²) in [4.78, 5) is 4.33. The lowest BCUT2D eigenvalue weighted by atomic mass is 9.99. The van der Waals surface area contributed by atoms with Crippen molar-refractivity contribution in [1.29, 1.82) is 0 Å². The Balaban J connectivity index is 2.46. The van der Waals surface area contributed by atoms with Gasteiger partial charge >= 0.3 is 0 Å². The maximum absolute atomic E-state index is 5.85. The Kier molecular flexibility index (Phi) is 3.09. The maximum Gasteiger partial charge on any atom is 0.129 e. The quantitative estimate of drug-likeness (QED) is 0.342. The molecule has 0 saturated heterocycles. The zero-order chi connectivity index (χ0) is 10.1. The average molecular weight is 321 g/mol. The molecular weight excluding hydrogens is 310 g/mol. The van der Waals surface area contributed by atoms with Crippen molar-refractivity contribution in [3.05, 3.63) is 41.2 Å². The second-order valence-electron chi connectivity index (χ2n) is 3.22. The number of rotatable bonds is 1. The molecule has 1 aromatic rings. The molecule has 1 unspecified atom stereocenters. The number of aromatic nitrogens is 1. The highest BCUT2D eigenvalue weighted by Gasteiger charge is 2.24. The van der Waals surface area contributed by atoms with E-state index >= 15 is 0 Å². The Morgan fingerprint density at radius 1 is 1.64 bits per heavy atom. The Labute approximate surface area is 102 Å². The highest BCUT2D eigenvalue weighted by atomic mass is 127. The van der Waals surface area contributed by atoms with Gasteiger partial charge in [-0.25, -0.2) is 8.10 Å². The molecule has 0 amide bonds. The molecule has 1 aliphatic rings. The van der Waals surface area contributed by atoms with Crippen molar-refractivity contribution in [3.8, 4) is 0 Å². The first-order valence-electron chi connectivity index (χ1n) is 4.42. The molecule has 0 fully saturated rings. The lowest BCUT2D eigenvalue weighted by molar-refractivity contribution is 0.422. The minimum Gasteiger partial charge on any atom is -0.241 e. The van der Waals surface area contributed by atoms with Gasteiger partial charge in [0.25, 0.3) is 0 Å². The summed E-state index contributed by atoms with van der Waals surface area (Å²) in [6, 6.07) is 4.15. The summed E-state index contributed by atoms with van der Waals surface area (Å²) in [6.45, 7) is 4.85. The van der Waals surface area contributed by atoms with Crippen LogP contribution in [0.5, 0.6) is 0 Å². The third kappa shape index (κ3) is 1.81. The van der Waals surface area contributed by atoms with Gasteiger partial charge in [0.05, 0.1) is 6.04 Å². The number of hydrogen-bond acceptors (Lipinski definition) is 2. The third-order valence-corrected chi connectivity index (χ3v) is 3.67. The molecule has 2 nitrogen and oxygen atoms in total. The zero-order valence-corrected chi connectivity index (χ0v) is 10.5. The topological polar surface area (TPSA) is 16.1 Å². The van der Waals surface area contributed by atoms with Crippen LogP contribution >= 0.6 is 34.5 Å². The van der Waals surface area contributed by atoms with E-state index in [1.165, 1.54) is 5.56 Å². The maximum atomic E-state index is 5.85. The molecule has 1 aromatic heterocycles. The Morgan fingerprint density at radius 2 is 2.43 bits per heavy atom. The molecule has 2 heterocycles. The molecular formula is C10H10ClIN2. The van der Waals surface area contributed by atoms with Gasteiger partial charge in [0, 0.05) is 41.5 Å². The standard InChI is InChI=1S/C10H10ClIN2/c1-2-9-7-3-4-10(11)13-8(7)5-6-14(9)12/h2-4,9H,1,5-6H2. The lowest BCUT2D eigenvalue weighted by Crippen LogP contribution is -2.27. The minimum absolute atomic E-state index is 0.268. The number of pyridine rings is 1. The summed E-state index contributed by atoms with van der Waals surface area (Å²) < 4.78 is 2.24. The molecule has 1 atom stereocenters. The first-order valence-corrected chi connectivity index (χ1v) is 5.77. The fourth-order valence-corrected chi connectivity index (χ4v) is 2.63. The van der Waals surface area contributed by atoms with E-state index < -0.39 is 0 Å². The van der Waals surface area contributed by atoms with E-state index in [9.17, 15) is 0 Å². The Morgan fingerprint density at radius 3 is 3.14 bits per heavy atom. The van der Waals surface area contributed by atoms with Crippen LogP contribution in [0.1, 0.15) is 17.3 Å². The van der Waals surface area contributed by atoms with Crippen molar-refractivity contribution in [2.75, 3.05) is 6.54 Å². The molecule has 14 heavy (non-hydrogen) atoms. The van der Waals surface area contributed by atoms with Gasteiger partial charge in [0.1, 0.15) is 5.15 Å². The molecule has 0 spiro atoms. The van der Waals surface area contributed by atoms with Gasteiger partial charge in [0.15, 0.2) is 0 Å². The molecule has 0 radical (unpaired) electrons. The zero-order valence-electron chi connectivity index (χ0n) is 7.58. The molecule has 0 saturated carbocycles. The largest absolute Gasteiger partial charge is 0.241 e. The van der Waals surface area contributed by atoms with Crippen molar-refractivity contribution in [2.45, 2.75) is 12.5 Å². The van der Waals surface area contributed by atoms with Gasteiger partial charge in [-0.2, -0.15) is 0 Å². The first kappa shape index (κ1) is 10.4. The summed E-state index contributed by atoms with van der Waals surface area (Å²) >= 11 is 8.18. The second-order valence-corrected chi connectivity index (χ2v) is 4.85. The van der Waals surface area contributed by atoms with Crippen LogP contribution in [0.2, 0.25) is 5.15 Å². The smallest absolute Gasteiger partial charge is 0.129 e. The predicted octanol–water partition coefficient (Wildman–Crippen LogP) is 3.17. The fraction of sp³-hybridized carbons (Fsp3) is 0.300. The highest BCUT2D eigenvalue weighted by molar-refractivity contribution is 14.1. The van der Waals surface area contributed by atoms with Crippen molar-refractivity contribution in [2.24, 2.45) is 0 Å². The van der Waals surface area contributed by atoms with Gasteiger partial charge < -0.3 is 0 Å². The van der Waals surface area contributed by atoms with Crippen LogP contribution < -0.4 is 0 Å². The van der Waals surface area contributed by atoms with Crippen molar-refractivity contribution < 1.29 is 0 Å². The molecule has 1 aliphatic heterocycles. The van der Waals surface area contributed by atoms with E-state index in [2.05, 4.69) is 37.5 Å². The summed E-state index contributed by atoms with van der Waals surface area (Å²) in [5, 5.41) is 0.577. The summed E-state index contributed by atoms with van der Waals surface area (Å²) in [5.41, 5.74) is 2.33. The molecule has 4 heteroatoms. The summed E-state index contributed by atoms with van der Waals surface area (Å²) in [7, 11) is 0. The fourth-order valence-electron chi connectivity index (χ4n) is 1.70. The van der Waals surface area contributed by atoms with Gasteiger partial charge in [-0.15, -0.1) is 6.58 Å². The van der Waals surface area contributed by atoms with E-state index in [-0.39, 0.29) is 6.04 Å². The molecule has 0 bridgehead atoms. The van der Waals surface area contributed by atoms with E-state index in [0.29, 0.717) is 5.15 Å². The van der Waals surface area contributed by atoms with Crippen LogP contribution in [0.3, 0.4) is 0 Å². The van der Waals surface area contributed by atoms with E-state index in [4.69, 9.17) is 11.6 Å². The summed E-state index contributed by atoms with van der Waals surface area (Å²) in [5.74, 6) is 0. The van der Waals surface area contributed by atoms with Gasteiger partial charge in [-0.05, 0) is 11.6 Å². The van der Waals surface area contributed by atoms with Crippen LogP contribution in [0.4, 0.5) is 0 Å². The van der Waals surface area contributed by atoms with Gasteiger partial charge in [-0.1, -0.05) is 23.7 Å². The van der Waals surface area contributed by atoms with Crippen molar-refractivity contribution >= 4 is 34.5 Å². The van der Waals surface area contributed by atoms with E-state index in [0.717, 1.165) is 18.7 Å². The number of hydrogen-bond donors (Lipinski definition) is 0. The van der Waals surface area contributed by atoms with Crippen LogP contribution in [-0.2, 0) is 6.42 Å². The Hall–Kier alpha value is -0.130. The average Bonchev–Trinajstić information content (AvgIpc) is 2.18. The van der Waals surface area contributed by atoms with E-state index in [1.807, 2.05) is 18.2 Å². The summed E-state index contributed by atoms with van der Waals surface area (Å²) in [6.07, 6.45) is 2.91. The normalized spacial score (nSPS) is 21.7. The third-order valence-electron chi connectivity index (χ3n) is 2.38. The molecule has 0 N–H and O–H groups in total.